The average molecular weight is 473 g/mol. The van der Waals surface area contributed by atoms with E-state index in [4.69, 9.17) is 4.74 Å². The van der Waals surface area contributed by atoms with Gasteiger partial charge in [0.25, 0.3) is 0 Å². The Morgan fingerprint density at radius 2 is 1.83 bits per heavy atom. The number of hydrogen-bond acceptors (Lipinski definition) is 2. The van der Waals surface area contributed by atoms with Crippen molar-refractivity contribution in [3.63, 3.8) is 0 Å². The standard InChI is InChI=1S/C19H20IO2.Zn/c20-13-14-6-7-17(12-14)15-8-10-18(11-9-15)22-19(21)16-4-2-1-3-5-16;/h7-11,16H,1-6,12H2;/q-1;. The summed E-state index contributed by atoms with van der Waals surface area (Å²) in [6.45, 7) is 0. The van der Waals surface area contributed by atoms with Gasteiger partial charge in [-0.05, 0) is 49.0 Å². The van der Waals surface area contributed by atoms with Gasteiger partial charge in [0.2, 0.25) is 0 Å². The van der Waals surface area contributed by atoms with Crippen LogP contribution in [0.3, 0.4) is 0 Å². The number of rotatable bonds is 3. The molecule has 0 radical (unpaired) electrons. The Kier molecular flexibility index (Phi) is 7.48. The van der Waals surface area contributed by atoms with E-state index in [2.05, 4.69) is 32.7 Å². The zero-order valence-electron chi connectivity index (χ0n) is 13.3. The zero-order chi connectivity index (χ0) is 15.4. The fourth-order valence-corrected chi connectivity index (χ4v) is 3.60. The summed E-state index contributed by atoms with van der Waals surface area (Å²) in [4.78, 5) is 12.1. The van der Waals surface area contributed by atoms with Crippen molar-refractivity contribution in [3.8, 4) is 5.75 Å². The Morgan fingerprint density at radius 3 is 2.43 bits per heavy atom. The molecule has 4 heteroatoms. The molecule has 1 saturated carbocycles. The van der Waals surface area contributed by atoms with E-state index in [1.54, 1.807) is 0 Å². The second-order valence-electron chi connectivity index (χ2n) is 6.09. The van der Waals surface area contributed by atoms with Crippen molar-refractivity contribution < 1.29 is 29.0 Å². The van der Waals surface area contributed by atoms with Gasteiger partial charge in [0.05, 0.1) is 5.92 Å². The van der Waals surface area contributed by atoms with Crippen molar-refractivity contribution in [2.75, 3.05) is 0 Å². The number of allylic oxidation sites excluding steroid dienone is 3. The van der Waals surface area contributed by atoms with Gasteiger partial charge in [-0.25, -0.2) is 5.57 Å². The minimum Gasteiger partial charge on any atom is -0.426 e. The number of carbonyl (C=O) groups is 1. The first-order valence-corrected chi connectivity index (χ1v) is 9.06. The molecule has 1 aromatic carbocycles. The molecular formula is C19H20IO2Zn-. The minimum atomic E-state index is -0.0581. The molecule has 118 valence electrons. The SMILES string of the molecule is O=C(Oc1ccc(C2=CCC(=[C-]I)C2)cc1)C1CCCCC1.[Zn]. The molecule has 2 aliphatic rings. The molecule has 3 rings (SSSR count). The summed E-state index contributed by atoms with van der Waals surface area (Å²) in [5.41, 5.74) is 3.88. The maximum absolute atomic E-state index is 12.1. The van der Waals surface area contributed by atoms with Crippen molar-refractivity contribution in [2.24, 2.45) is 5.92 Å². The normalized spacial score (nSPS) is 20.0. The Balaban J connectivity index is 0.00000192. The minimum absolute atomic E-state index is 0. The third-order valence-corrected chi connectivity index (χ3v) is 5.28. The third kappa shape index (κ3) is 5.00. The molecule has 2 nitrogen and oxygen atoms in total. The van der Waals surface area contributed by atoms with Crippen LogP contribution in [0.25, 0.3) is 5.57 Å². The molecule has 0 saturated heterocycles. The van der Waals surface area contributed by atoms with Crippen LogP contribution in [-0.4, -0.2) is 5.97 Å². The summed E-state index contributed by atoms with van der Waals surface area (Å²) in [5, 5.41) is 0. The van der Waals surface area contributed by atoms with Crippen LogP contribution >= 0.6 is 22.6 Å². The topological polar surface area (TPSA) is 26.3 Å². The van der Waals surface area contributed by atoms with Gasteiger partial charge >= 0.3 is 5.97 Å². The first kappa shape index (κ1) is 18.9. The molecule has 0 atom stereocenters. The van der Waals surface area contributed by atoms with Gasteiger partial charge in [-0.2, -0.15) is 0 Å². The van der Waals surface area contributed by atoms with Gasteiger partial charge in [-0.15, -0.1) is 0 Å². The molecule has 0 spiro atoms. The molecule has 2 aliphatic carbocycles. The van der Waals surface area contributed by atoms with E-state index in [9.17, 15) is 4.79 Å². The number of ether oxygens (including phenoxy) is 1. The van der Waals surface area contributed by atoms with Crippen LogP contribution in [0.4, 0.5) is 0 Å². The number of hydrogen-bond donors (Lipinski definition) is 0. The zero-order valence-corrected chi connectivity index (χ0v) is 18.4. The van der Waals surface area contributed by atoms with Crippen LogP contribution in [0.15, 0.2) is 35.9 Å². The van der Waals surface area contributed by atoms with E-state index < -0.39 is 0 Å². The third-order valence-electron chi connectivity index (χ3n) is 4.51. The van der Waals surface area contributed by atoms with Crippen molar-refractivity contribution in [3.05, 3.63) is 45.6 Å². The Labute approximate surface area is 164 Å². The van der Waals surface area contributed by atoms with Crippen molar-refractivity contribution in [1.29, 1.82) is 0 Å². The van der Waals surface area contributed by atoms with Gasteiger partial charge in [-0.1, -0.05) is 37.5 Å². The number of benzene rings is 1. The van der Waals surface area contributed by atoms with Gasteiger partial charge in [0.15, 0.2) is 0 Å². The molecule has 0 bridgehead atoms. The monoisotopic (exact) mass is 471 g/mol. The van der Waals surface area contributed by atoms with Crippen molar-refractivity contribution >= 4 is 34.1 Å². The number of carbonyl (C=O) groups excluding carboxylic acids is 1. The second kappa shape index (κ2) is 9.12. The molecule has 1 fully saturated rings. The Hall–Kier alpha value is -0.477. The molecule has 23 heavy (non-hydrogen) atoms. The maximum Gasteiger partial charge on any atom is 0.314 e. The first-order chi connectivity index (χ1) is 10.8. The van der Waals surface area contributed by atoms with Crippen LogP contribution in [0.2, 0.25) is 0 Å². The van der Waals surface area contributed by atoms with E-state index in [-0.39, 0.29) is 31.4 Å². The first-order valence-electron chi connectivity index (χ1n) is 7.99. The van der Waals surface area contributed by atoms with Crippen LogP contribution in [0.1, 0.15) is 50.5 Å². The Bertz CT molecular complexity index is 598. The summed E-state index contributed by atoms with van der Waals surface area (Å²) in [6.07, 6.45) is 9.73. The quantitative estimate of drug-likeness (QED) is 0.192. The van der Waals surface area contributed by atoms with E-state index in [0.717, 1.165) is 38.5 Å². The van der Waals surface area contributed by atoms with E-state index in [0.29, 0.717) is 5.75 Å². The average Bonchev–Trinajstić information content (AvgIpc) is 3.05. The maximum atomic E-state index is 12.1. The fourth-order valence-electron chi connectivity index (χ4n) is 3.19. The van der Waals surface area contributed by atoms with E-state index in [1.807, 2.05) is 24.3 Å². The second-order valence-corrected chi connectivity index (χ2v) is 6.63. The van der Waals surface area contributed by atoms with Crippen LogP contribution in [-0.2, 0) is 24.3 Å². The molecular weight excluding hydrogens is 453 g/mol. The van der Waals surface area contributed by atoms with Crippen LogP contribution < -0.4 is 4.74 Å². The molecule has 0 heterocycles. The summed E-state index contributed by atoms with van der Waals surface area (Å²) in [5.74, 6) is 0.698. The summed E-state index contributed by atoms with van der Waals surface area (Å²) >= 11 is 2.18. The van der Waals surface area contributed by atoms with Crippen LogP contribution in [0.5, 0.6) is 5.75 Å². The summed E-state index contributed by atoms with van der Waals surface area (Å²) in [6, 6.07) is 7.91. The largest absolute Gasteiger partial charge is 0.426 e. The predicted octanol–water partition coefficient (Wildman–Crippen LogP) is 5.47. The molecule has 0 aliphatic heterocycles. The van der Waals surface area contributed by atoms with E-state index >= 15 is 0 Å². The molecule has 0 unspecified atom stereocenters. The molecule has 0 N–H and O–H groups in total. The van der Waals surface area contributed by atoms with Gasteiger partial charge in [0, 0.05) is 19.5 Å². The summed E-state index contributed by atoms with van der Waals surface area (Å²) < 4.78 is 8.74. The smallest absolute Gasteiger partial charge is 0.314 e. The molecule has 1 aromatic rings. The molecule has 0 amide bonds. The molecule has 0 aromatic heterocycles. The number of halogens is 1. The number of esters is 1. The van der Waals surface area contributed by atoms with Crippen molar-refractivity contribution in [1.82, 2.24) is 0 Å². The van der Waals surface area contributed by atoms with Crippen LogP contribution in [0, 0.1) is 10.0 Å². The fraction of sp³-hybridized carbons (Fsp3) is 0.421. The van der Waals surface area contributed by atoms with Crippen molar-refractivity contribution in [2.45, 2.75) is 44.9 Å². The van der Waals surface area contributed by atoms with E-state index in [1.165, 1.54) is 23.1 Å². The van der Waals surface area contributed by atoms with Gasteiger partial charge < -0.3 is 31.4 Å². The Morgan fingerprint density at radius 1 is 1.13 bits per heavy atom. The van der Waals surface area contributed by atoms with Gasteiger partial charge in [0.1, 0.15) is 5.75 Å². The summed E-state index contributed by atoms with van der Waals surface area (Å²) in [7, 11) is 0. The predicted molar refractivity (Wildman–Crippen MR) is 96.6 cm³/mol. The van der Waals surface area contributed by atoms with Gasteiger partial charge in [-0.3, -0.25) is 4.79 Å².